The predicted molar refractivity (Wildman–Crippen MR) is 54.8 cm³/mol. The second kappa shape index (κ2) is 5.75. The van der Waals surface area contributed by atoms with Crippen LogP contribution >= 0.6 is 0 Å². The SMILES string of the molecule is CCC(=O)OOc1ccccc1C(=O)OC. The van der Waals surface area contributed by atoms with Gasteiger partial charge in [0.2, 0.25) is 0 Å². The molecule has 0 spiro atoms. The van der Waals surface area contributed by atoms with E-state index in [0.717, 1.165) is 0 Å². The van der Waals surface area contributed by atoms with E-state index in [1.165, 1.54) is 19.2 Å². The van der Waals surface area contributed by atoms with Crippen LogP contribution in [0.25, 0.3) is 0 Å². The molecule has 0 radical (unpaired) electrons. The quantitative estimate of drug-likeness (QED) is 0.442. The van der Waals surface area contributed by atoms with Crippen molar-refractivity contribution in [3.05, 3.63) is 29.8 Å². The first kappa shape index (κ1) is 12.0. The number of ether oxygens (including phenoxy) is 1. The van der Waals surface area contributed by atoms with Crippen molar-refractivity contribution in [2.45, 2.75) is 13.3 Å². The van der Waals surface area contributed by atoms with Crippen LogP contribution in [0.15, 0.2) is 24.3 Å². The van der Waals surface area contributed by atoms with Crippen molar-refractivity contribution >= 4 is 11.9 Å². The number of methoxy groups -OCH3 is 1. The monoisotopic (exact) mass is 224 g/mol. The van der Waals surface area contributed by atoms with Crippen LogP contribution in [0.5, 0.6) is 5.75 Å². The minimum atomic E-state index is -0.553. The van der Waals surface area contributed by atoms with Crippen LogP contribution in [0, 0.1) is 0 Å². The number of carbonyl (C=O) groups is 2. The van der Waals surface area contributed by atoms with Crippen molar-refractivity contribution in [3.8, 4) is 5.75 Å². The molecule has 1 aromatic carbocycles. The first-order valence-corrected chi connectivity index (χ1v) is 4.73. The van der Waals surface area contributed by atoms with Gasteiger partial charge in [0.05, 0.1) is 7.11 Å². The van der Waals surface area contributed by atoms with E-state index in [2.05, 4.69) is 9.62 Å². The maximum atomic E-state index is 11.3. The number of carbonyl (C=O) groups excluding carboxylic acids is 2. The van der Waals surface area contributed by atoms with E-state index >= 15 is 0 Å². The van der Waals surface area contributed by atoms with Crippen molar-refractivity contribution in [3.63, 3.8) is 0 Å². The van der Waals surface area contributed by atoms with Crippen LogP contribution in [-0.4, -0.2) is 19.0 Å². The Morgan fingerprint density at radius 3 is 2.56 bits per heavy atom. The Kier molecular flexibility index (Phi) is 4.32. The fraction of sp³-hybridized carbons (Fsp3) is 0.273. The summed E-state index contributed by atoms with van der Waals surface area (Å²) in [5, 5.41) is 0. The predicted octanol–water partition coefficient (Wildman–Crippen LogP) is 1.72. The summed E-state index contributed by atoms with van der Waals surface area (Å²) in [4.78, 5) is 31.4. The molecule has 0 fully saturated rings. The summed E-state index contributed by atoms with van der Waals surface area (Å²) in [5.41, 5.74) is 0.203. The zero-order valence-corrected chi connectivity index (χ0v) is 9.06. The largest absolute Gasteiger partial charge is 0.465 e. The number of esters is 1. The molecule has 0 saturated carbocycles. The van der Waals surface area contributed by atoms with Crippen molar-refractivity contribution in [1.82, 2.24) is 0 Å². The molecule has 0 aliphatic carbocycles. The first-order valence-electron chi connectivity index (χ1n) is 4.73. The molecule has 0 heterocycles. The molecule has 0 aromatic heterocycles. The van der Waals surface area contributed by atoms with E-state index in [1.54, 1.807) is 19.1 Å². The average molecular weight is 224 g/mol. The molecule has 5 nitrogen and oxygen atoms in total. The zero-order valence-electron chi connectivity index (χ0n) is 9.06. The highest BCUT2D eigenvalue weighted by molar-refractivity contribution is 5.92. The molecule has 5 heteroatoms. The van der Waals surface area contributed by atoms with E-state index in [0.29, 0.717) is 0 Å². The maximum Gasteiger partial charge on any atom is 0.355 e. The van der Waals surface area contributed by atoms with Gasteiger partial charge in [-0.1, -0.05) is 19.1 Å². The highest BCUT2D eigenvalue weighted by Crippen LogP contribution is 2.19. The summed E-state index contributed by atoms with van der Waals surface area (Å²) in [6.07, 6.45) is 0.195. The lowest BCUT2D eigenvalue weighted by Crippen LogP contribution is -2.10. The van der Waals surface area contributed by atoms with E-state index in [-0.39, 0.29) is 17.7 Å². The Balaban J connectivity index is 2.79. The summed E-state index contributed by atoms with van der Waals surface area (Å²) >= 11 is 0. The molecule has 0 N–H and O–H groups in total. The summed E-state index contributed by atoms with van der Waals surface area (Å²) in [6, 6.07) is 6.33. The van der Waals surface area contributed by atoms with Gasteiger partial charge in [-0.25, -0.2) is 9.59 Å². The molecular formula is C11H12O5. The average Bonchev–Trinajstić information content (AvgIpc) is 2.35. The highest BCUT2D eigenvalue weighted by atomic mass is 17.2. The van der Waals surface area contributed by atoms with Gasteiger partial charge in [-0.15, -0.1) is 0 Å². The Morgan fingerprint density at radius 1 is 1.25 bits per heavy atom. The number of para-hydroxylation sites is 1. The third-order valence-corrected chi connectivity index (χ3v) is 1.81. The number of hydrogen-bond acceptors (Lipinski definition) is 5. The lowest BCUT2D eigenvalue weighted by atomic mass is 10.2. The van der Waals surface area contributed by atoms with Crippen molar-refractivity contribution in [1.29, 1.82) is 0 Å². The molecule has 0 aliphatic rings. The molecule has 1 aromatic rings. The molecule has 0 atom stereocenters. The number of benzene rings is 1. The zero-order chi connectivity index (χ0) is 12.0. The van der Waals surface area contributed by atoms with E-state index < -0.39 is 11.9 Å². The van der Waals surface area contributed by atoms with Crippen LogP contribution in [0.4, 0.5) is 0 Å². The van der Waals surface area contributed by atoms with Gasteiger partial charge >= 0.3 is 11.9 Å². The minimum Gasteiger partial charge on any atom is -0.465 e. The van der Waals surface area contributed by atoms with Gasteiger partial charge < -0.3 is 4.74 Å². The van der Waals surface area contributed by atoms with Gasteiger partial charge in [0.25, 0.3) is 0 Å². The van der Waals surface area contributed by atoms with Crippen LogP contribution in [-0.2, 0) is 14.4 Å². The third-order valence-electron chi connectivity index (χ3n) is 1.81. The highest BCUT2D eigenvalue weighted by Gasteiger charge is 2.14. The van der Waals surface area contributed by atoms with Crippen LogP contribution in [0.1, 0.15) is 23.7 Å². The summed E-state index contributed by atoms with van der Waals surface area (Å²) < 4.78 is 4.55. The molecule has 0 bridgehead atoms. The fourth-order valence-electron chi connectivity index (χ4n) is 0.968. The third kappa shape index (κ3) is 2.98. The van der Waals surface area contributed by atoms with Crippen molar-refractivity contribution in [2.24, 2.45) is 0 Å². The van der Waals surface area contributed by atoms with Gasteiger partial charge in [-0.3, -0.25) is 9.78 Å². The lowest BCUT2D eigenvalue weighted by molar-refractivity contribution is -0.213. The Bertz CT molecular complexity index is 386. The van der Waals surface area contributed by atoms with Crippen molar-refractivity contribution in [2.75, 3.05) is 7.11 Å². The molecule has 16 heavy (non-hydrogen) atoms. The van der Waals surface area contributed by atoms with Crippen molar-refractivity contribution < 1.29 is 24.1 Å². The summed E-state index contributed by atoms with van der Waals surface area (Å²) in [5.74, 6) is -0.918. The van der Waals surface area contributed by atoms with Gasteiger partial charge in [0, 0.05) is 6.42 Å². The minimum absolute atomic E-state index is 0.149. The molecule has 0 aliphatic heterocycles. The maximum absolute atomic E-state index is 11.3. The van der Waals surface area contributed by atoms with Gasteiger partial charge in [0.1, 0.15) is 5.56 Å². The molecule has 0 saturated heterocycles. The summed E-state index contributed by atoms with van der Waals surface area (Å²) in [7, 11) is 1.26. The number of hydrogen-bond donors (Lipinski definition) is 0. The van der Waals surface area contributed by atoms with Crippen LogP contribution < -0.4 is 4.89 Å². The standard InChI is InChI=1S/C11H12O5/c1-3-10(12)16-15-9-7-5-4-6-8(9)11(13)14-2/h4-7H,3H2,1-2H3. The van der Waals surface area contributed by atoms with Gasteiger partial charge in [0.15, 0.2) is 5.75 Å². The van der Waals surface area contributed by atoms with Crippen LogP contribution in [0.2, 0.25) is 0 Å². The smallest absolute Gasteiger partial charge is 0.355 e. The second-order valence-corrected chi connectivity index (χ2v) is 2.88. The molecule has 86 valence electrons. The van der Waals surface area contributed by atoms with E-state index in [9.17, 15) is 9.59 Å². The van der Waals surface area contributed by atoms with Gasteiger partial charge in [-0.05, 0) is 12.1 Å². The number of rotatable bonds is 4. The molecular weight excluding hydrogens is 212 g/mol. The summed E-state index contributed by atoms with van der Waals surface area (Å²) in [6.45, 7) is 1.64. The lowest BCUT2D eigenvalue weighted by Gasteiger charge is -2.07. The second-order valence-electron chi connectivity index (χ2n) is 2.88. The molecule has 0 unspecified atom stereocenters. The van der Waals surface area contributed by atoms with E-state index in [4.69, 9.17) is 4.89 Å². The normalized spacial score (nSPS) is 9.38. The first-order chi connectivity index (χ1) is 7.69. The topological polar surface area (TPSA) is 61.8 Å². The Morgan fingerprint density at radius 2 is 1.94 bits per heavy atom. The Labute approximate surface area is 92.8 Å². The van der Waals surface area contributed by atoms with Gasteiger partial charge in [-0.2, -0.15) is 0 Å². The fourth-order valence-corrected chi connectivity index (χ4v) is 0.968. The van der Waals surface area contributed by atoms with Crippen LogP contribution in [0.3, 0.4) is 0 Å². The Hall–Kier alpha value is -2.04. The molecule has 1 rings (SSSR count). The molecule has 0 amide bonds. The van der Waals surface area contributed by atoms with E-state index in [1.807, 2.05) is 0 Å².